The van der Waals surface area contributed by atoms with Crippen molar-refractivity contribution in [3.63, 3.8) is 0 Å². The number of para-hydroxylation sites is 1. The Morgan fingerprint density at radius 1 is 0.720 bits per heavy atom. The summed E-state index contributed by atoms with van der Waals surface area (Å²) in [4.78, 5) is 2.23. The lowest BCUT2D eigenvalue weighted by atomic mass is 10.1. The minimum atomic E-state index is 0.724. The van der Waals surface area contributed by atoms with Crippen LogP contribution in [0.3, 0.4) is 0 Å². The van der Waals surface area contributed by atoms with Crippen LogP contribution in [0.2, 0.25) is 0 Å². The fraction of sp³-hybridized carbons (Fsp3) is 0.130. The minimum Gasteiger partial charge on any atom is -0.492 e. The molecule has 0 fully saturated rings. The van der Waals surface area contributed by atoms with Crippen LogP contribution in [-0.4, -0.2) is 24.6 Å². The molecule has 0 radical (unpaired) electrons. The molecule has 3 aromatic carbocycles. The molecule has 0 aliphatic carbocycles. The molecule has 126 valence electrons. The summed E-state index contributed by atoms with van der Waals surface area (Å²) in [5, 5.41) is 2.62. The van der Waals surface area contributed by atoms with Crippen LogP contribution >= 0.6 is 0 Å². The van der Waals surface area contributed by atoms with Crippen LogP contribution < -0.4 is 4.74 Å². The molecule has 0 spiro atoms. The summed E-state index contributed by atoms with van der Waals surface area (Å²) in [6, 6.07) is 26.6. The monoisotopic (exact) mass is 329 g/mol. The highest BCUT2D eigenvalue weighted by atomic mass is 16.5. The van der Waals surface area contributed by atoms with Gasteiger partial charge in [-0.3, -0.25) is 0 Å². The zero-order chi connectivity index (χ0) is 17.2. The second-order valence-electron chi connectivity index (χ2n) is 5.77. The molecule has 0 amide bonds. The van der Waals surface area contributed by atoms with Gasteiger partial charge in [-0.1, -0.05) is 78.9 Å². The van der Waals surface area contributed by atoms with Gasteiger partial charge in [0.05, 0.1) is 6.54 Å². The maximum Gasteiger partial charge on any atom is 0.119 e. The van der Waals surface area contributed by atoms with E-state index in [1.54, 1.807) is 0 Å². The van der Waals surface area contributed by atoms with Gasteiger partial charge in [-0.25, -0.2) is 0 Å². The number of allylic oxidation sites excluding steroid dienone is 2. The van der Waals surface area contributed by atoms with Gasteiger partial charge in [0.25, 0.3) is 0 Å². The topological polar surface area (TPSA) is 12.5 Å². The number of fused-ring (bicyclic) bond motifs is 1. The van der Waals surface area contributed by atoms with Crippen molar-refractivity contribution in [2.45, 2.75) is 0 Å². The third-order valence-corrected chi connectivity index (χ3v) is 3.93. The minimum absolute atomic E-state index is 0.724. The summed E-state index contributed by atoms with van der Waals surface area (Å²) >= 11 is 0. The summed E-state index contributed by atoms with van der Waals surface area (Å²) in [6.07, 6.45) is 8.34. The van der Waals surface area contributed by atoms with Crippen LogP contribution in [0.5, 0.6) is 5.75 Å². The molecule has 0 saturated heterocycles. The van der Waals surface area contributed by atoms with Crippen molar-refractivity contribution < 1.29 is 4.74 Å². The molecule has 1 aliphatic heterocycles. The predicted octanol–water partition coefficient (Wildman–Crippen LogP) is 5.29. The molecule has 0 bridgehead atoms. The zero-order valence-corrected chi connectivity index (χ0v) is 14.3. The van der Waals surface area contributed by atoms with Crippen LogP contribution in [0.15, 0.2) is 103 Å². The smallest absolute Gasteiger partial charge is 0.119 e. The van der Waals surface area contributed by atoms with Gasteiger partial charge in [0.2, 0.25) is 0 Å². The molecule has 1 aliphatic rings. The molecule has 1 heterocycles. The first-order valence-corrected chi connectivity index (χ1v) is 8.61. The SMILES string of the molecule is C1=CCN(CCOc2ccccc2)C=C1.c1ccc2ccccc2c1. The van der Waals surface area contributed by atoms with Gasteiger partial charge >= 0.3 is 0 Å². The molecular formula is C23H23NO. The van der Waals surface area contributed by atoms with E-state index in [1.807, 2.05) is 36.4 Å². The van der Waals surface area contributed by atoms with E-state index >= 15 is 0 Å². The summed E-state index contributed by atoms with van der Waals surface area (Å²) in [5.41, 5.74) is 0. The molecule has 0 N–H and O–H groups in total. The molecule has 3 aromatic rings. The van der Waals surface area contributed by atoms with Gasteiger partial charge in [-0.2, -0.15) is 0 Å². The fourth-order valence-corrected chi connectivity index (χ4v) is 2.60. The largest absolute Gasteiger partial charge is 0.492 e. The van der Waals surface area contributed by atoms with Crippen molar-refractivity contribution in [2.24, 2.45) is 0 Å². The Bertz CT molecular complexity index is 758. The quantitative estimate of drug-likeness (QED) is 0.645. The third-order valence-electron chi connectivity index (χ3n) is 3.93. The zero-order valence-electron chi connectivity index (χ0n) is 14.3. The second kappa shape index (κ2) is 9.33. The van der Waals surface area contributed by atoms with Crippen LogP contribution in [0.1, 0.15) is 0 Å². The van der Waals surface area contributed by atoms with Crippen molar-refractivity contribution in [3.05, 3.63) is 103 Å². The molecule has 0 aromatic heterocycles. The van der Waals surface area contributed by atoms with Crippen LogP contribution in [0.25, 0.3) is 10.8 Å². The first-order valence-electron chi connectivity index (χ1n) is 8.61. The lowest BCUT2D eigenvalue weighted by Gasteiger charge is -2.20. The predicted molar refractivity (Wildman–Crippen MR) is 106 cm³/mol. The Morgan fingerprint density at radius 3 is 1.88 bits per heavy atom. The van der Waals surface area contributed by atoms with Gasteiger partial charge in [0.1, 0.15) is 12.4 Å². The average molecular weight is 329 g/mol. The molecule has 0 atom stereocenters. The maximum absolute atomic E-state index is 5.61. The Hall–Kier alpha value is -3.00. The van der Waals surface area contributed by atoms with E-state index < -0.39 is 0 Å². The first kappa shape index (κ1) is 16.8. The van der Waals surface area contributed by atoms with E-state index in [-0.39, 0.29) is 0 Å². The van der Waals surface area contributed by atoms with E-state index in [0.29, 0.717) is 0 Å². The average Bonchev–Trinajstić information content (AvgIpc) is 2.70. The highest BCUT2D eigenvalue weighted by Crippen LogP contribution is 2.11. The number of nitrogens with zero attached hydrogens (tertiary/aromatic N) is 1. The molecule has 2 heteroatoms. The maximum atomic E-state index is 5.61. The van der Waals surface area contributed by atoms with Crippen LogP contribution in [-0.2, 0) is 0 Å². The van der Waals surface area contributed by atoms with Gasteiger partial charge in [-0.05, 0) is 35.2 Å². The van der Waals surface area contributed by atoms with Crippen molar-refractivity contribution in [3.8, 4) is 5.75 Å². The van der Waals surface area contributed by atoms with E-state index in [2.05, 4.69) is 71.8 Å². The van der Waals surface area contributed by atoms with E-state index in [0.717, 1.165) is 25.4 Å². The molecular weight excluding hydrogens is 306 g/mol. The lowest BCUT2D eigenvalue weighted by Crippen LogP contribution is -2.24. The molecule has 4 rings (SSSR count). The van der Waals surface area contributed by atoms with E-state index in [9.17, 15) is 0 Å². The summed E-state index contributed by atoms with van der Waals surface area (Å²) in [5.74, 6) is 0.939. The van der Waals surface area contributed by atoms with Gasteiger partial charge in [0, 0.05) is 6.54 Å². The number of hydrogen-bond donors (Lipinski definition) is 0. The molecule has 0 saturated carbocycles. The molecule has 0 unspecified atom stereocenters. The van der Waals surface area contributed by atoms with E-state index in [4.69, 9.17) is 4.74 Å². The van der Waals surface area contributed by atoms with Gasteiger partial charge in [0.15, 0.2) is 0 Å². The summed E-state index contributed by atoms with van der Waals surface area (Å²) in [7, 11) is 0. The molecule has 25 heavy (non-hydrogen) atoms. The van der Waals surface area contributed by atoms with Crippen molar-refractivity contribution >= 4 is 10.8 Å². The Morgan fingerprint density at radius 2 is 1.32 bits per heavy atom. The van der Waals surface area contributed by atoms with Crippen molar-refractivity contribution in [1.29, 1.82) is 0 Å². The van der Waals surface area contributed by atoms with Crippen molar-refractivity contribution in [2.75, 3.05) is 19.7 Å². The number of benzene rings is 3. The van der Waals surface area contributed by atoms with Crippen LogP contribution in [0.4, 0.5) is 0 Å². The number of rotatable bonds is 4. The lowest BCUT2D eigenvalue weighted by molar-refractivity contribution is 0.263. The normalized spacial score (nSPS) is 12.6. The Balaban J connectivity index is 0.000000157. The highest BCUT2D eigenvalue weighted by molar-refractivity contribution is 5.81. The molecule has 2 nitrogen and oxygen atoms in total. The Kier molecular flexibility index (Phi) is 6.29. The van der Waals surface area contributed by atoms with Crippen molar-refractivity contribution in [1.82, 2.24) is 4.90 Å². The fourth-order valence-electron chi connectivity index (χ4n) is 2.60. The third kappa shape index (κ3) is 5.54. The number of ether oxygens (including phenoxy) is 1. The van der Waals surface area contributed by atoms with Gasteiger partial charge in [-0.15, -0.1) is 0 Å². The first-order chi connectivity index (χ1) is 12.4. The highest BCUT2D eigenvalue weighted by Gasteiger charge is 1.99. The standard InChI is InChI=1S/C13H15NO.C10H8/c1-3-7-13(8-4-1)15-12-11-14-9-5-2-6-10-14;1-2-6-10-8-4-3-7-9(10)5-1/h1-9H,10-12H2;1-8H. The summed E-state index contributed by atoms with van der Waals surface area (Å²) < 4.78 is 5.61. The Labute approximate surface area is 149 Å². The second-order valence-corrected chi connectivity index (χ2v) is 5.77. The van der Waals surface area contributed by atoms with Crippen LogP contribution in [0, 0.1) is 0 Å². The summed E-state index contributed by atoms with van der Waals surface area (Å²) in [6.45, 7) is 2.63. The van der Waals surface area contributed by atoms with Gasteiger partial charge < -0.3 is 9.64 Å². The van der Waals surface area contributed by atoms with E-state index in [1.165, 1.54) is 10.8 Å². The number of hydrogen-bond acceptors (Lipinski definition) is 2.